The van der Waals surface area contributed by atoms with Gasteiger partial charge in [-0.25, -0.2) is 0 Å². The van der Waals surface area contributed by atoms with E-state index in [9.17, 15) is 18.0 Å². The highest BCUT2D eigenvalue weighted by Crippen LogP contribution is 2.15. The molecule has 3 aromatic rings. The van der Waals surface area contributed by atoms with E-state index in [1.807, 2.05) is 26.0 Å². The minimum absolute atomic E-state index is 0.0466. The minimum atomic E-state index is -4.30. The number of rotatable bonds is 5. The van der Waals surface area contributed by atoms with E-state index in [1.165, 1.54) is 36.4 Å². The first-order chi connectivity index (χ1) is 14.1. The zero-order valence-electron chi connectivity index (χ0n) is 16.1. The Morgan fingerprint density at radius 1 is 0.867 bits per heavy atom. The van der Waals surface area contributed by atoms with Gasteiger partial charge in [-0.05, 0) is 61.9 Å². The molecule has 0 fully saturated rings. The third-order valence-corrected chi connectivity index (χ3v) is 5.07. The van der Waals surface area contributed by atoms with Crippen LogP contribution in [-0.4, -0.2) is 13.0 Å². The van der Waals surface area contributed by atoms with Crippen molar-refractivity contribution in [2.45, 2.75) is 18.7 Å². The smallest absolute Gasteiger partial charge is 0.287 e. The summed E-state index contributed by atoms with van der Waals surface area (Å²) in [7, 11) is -4.30. The molecular weight excluding hydrogens is 408 g/mol. The first kappa shape index (κ1) is 21.1. The van der Waals surface area contributed by atoms with Crippen LogP contribution >= 0.6 is 0 Å². The van der Waals surface area contributed by atoms with Gasteiger partial charge < -0.3 is 0 Å². The molecule has 0 unspecified atom stereocenters. The zero-order chi connectivity index (χ0) is 21.9. The van der Waals surface area contributed by atoms with Gasteiger partial charge in [0.25, 0.3) is 10.1 Å². The number of hydrogen-bond donors (Lipinski definition) is 3. The number of nitrogens with one attached hydrogen (secondary N) is 2. The summed E-state index contributed by atoms with van der Waals surface area (Å²) in [6, 6.07) is 13.2. The summed E-state index contributed by atoms with van der Waals surface area (Å²) in [4.78, 5) is 24.4. The topological polar surface area (TPSA) is 137 Å². The molecule has 0 aromatic heterocycles. The number of nitrogens with zero attached hydrogens (tertiary/aromatic N) is 2. The monoisotopic (exact) mass is 426 g/mol. The molecule has 0 aliphatic rings. The predicted octanol–water partition coefficient (Wildman–Crippen LogP) is 1.00. The molecule has 0 aliphatic heterocycles. The lowest BCUT2D eigenvalue weighted by Gasteiger charge is -2.05. The van der Waals surface area contributed by atoms with Gasteiger partial charge in [-0.2, -0.15) is 18.6 Å². The highest BCUT2D eigenvalue weighted by atomic mass is 32.2. The van der Waals surface area contributed by atoms with Gasteiger partial charge in [0.05, 0.1) is 16.3 Å². The van der Waals surface area contributed by atoms with E-state index in [0.29, 0.717) is 11.4 Å². The molecule has 3 N–H and O–H groups in total. The van der Waals surface area contributed by atoms with Crippen LogP contribution in [0.15, 0.2) is 79.3 Å². The molecule has 0 amide bonds. The van der Waals surface area contributed by atoms with Crippen molar-refractivity contribution in [3.8, 4) is 0 Å². The Bertz CT molecular complexity index is 1420. The summed E-state index contributed by atoms with van der Waals surface area (Å²) < 4.78 is 31.1. The third-order valence-electron chi connectivity index (χ3n) is 4.20. The van der Waals surface area contributed by atoms with Crippen LogP contribution in [0, 0.1) is 13.8 Å². The average Bonchev–Trinajstić information content (AvgIpc) is 2.68. The lowest BCUT2D eigenvalue weighted by Crippen LogP contribution is -2.48. The Labute approximate surface area is 171 Å². The Morgan fingerprint density at radius 2 is 1.57 bits per heavy atom. The van der Waals surface area contributed by atoms with Gasteiger partial charge in [0.2, 0.25) is 10.9 Å². The van der Waals surface area contributed by atoms with Gasteiger partial charge in [0.15, 0.2) is 5.36 Å². The van der Waals surface area contributed by atoms with Crippen LogP contribution in [0.2, 0.25) is 0 Å². The SMILES string of the molecule is Cc1ccc(N/N=c2\c(=O)cc/c(=N/Nc3ccc(S(=O)(=O)O)cc3)c2=O)c(C)c1. The zero-order valence-corrected chi connectivity index (χ0v) is 16.9. The second-order valence-electron chi connectivity index (χ2n) is 6.53. The summed E-state index contributed by atoms with van der Waals surface area (Å²) in [6.07, 6.45) is 0. The lowest BCUT2D eigenvalue weighted by molar-refractivity contribution is 0.483. The molecule has 0 aliphatic carbocycles. The molecule has 3 rings (SSSR count). The fraction of sp³-hybridized carbons (Fsp3) is 0.100. The number of aryl methyl sites for hydroxylation is 2. The third kappa shape index (κ3) is 4.85. The van der Waals surface area contributed by atoms with Crippen LogP contribution in [0.4, 0.5) is 11.4 Å². The first-order valence-corrected chi connectivity index (χ1v) is 10.2. The Balaban J connectivity index is 1.92. The standard InChI is InChI=1S/C20H18N4O5S/c1-12-3-8-16(13(2)11-12)22-24-19-18(25)10-9-17(20(19)26)23-21-14-4-6-15(7-5-14)30(27,28)29/h3-11,21-22H,1-2H3,(H,27,28,29)/b23-17-,24-19+. The van der Waals surface area contributed by atoms with Crippen molar-refractivity contribution in [1.82, 2.24) is 0 Å². The van der Waals surface area contributed by atoms with Crippen molar-refractivity contribution in [1.29, 1.82) is 0 Å². The fourth-order valence-electron chi connectivity index (χ4n) is 2.62. The molecule has 9 nitrogen and oxygen atoms in total. The molecule has 0 spiro atoms. The van der Waals surface area contributed by atoms with Crippen molar-refractivity contribution < 1.29 is 13.0 Å². The van der Waals surface area contributed by atoms with Crippen LogP contribution in [0.5, 0.6) is 0 Å². The normalized spacial score (nSPS) is 12.8. The van der Waals surface area contributed by atoms with E-state index >= 15 is 0 Å². The van der Waals surface area contributed by atoms with Crippen molar-refractivity contribution in [2.75, 3.05) is 10.9 Å². The van der Waals surface area contributed by atoms with Gasteiger partial charge in [-0.3, -0.25) is 25.0 Å². The quantitative estimate of drug-likeness (QED) is 0.409. The summed E-state index contributed by atoms with van der Waals surface area (Å²) in [5.41, 5.74) is 7.15. The summed E-state index contributed by atoms with van der Waals surface area (Å²) in [6.45, 7) is 3.83. The molecule has 0 atom stereocenters. The number of hydrogen-bond acceptors (Lipinski definition) is 8. The van der Waals surface area contributed by atoms with Crippen molar-refractivity contribution in [3.63, 3.8) is 0 Å². The maximum Gasteiger partial charge on any atom is 0.294 e. The molecule has 0 saturated heterocycles. The molecular formula is C20H18N4O5S. The summed E-state index contributed by atoms with van der Waals surface area (Å²) >= 11 is 0. The molecule has 154 valence electrons. The van der Waals surface area contributed by atoms with E-state index in [4.69, 9.17) is 4.55 Å². The Kier molecular flexibility index (Phi) is 5.90. The lowest BCUT2D eigenvalue weighted by atomic mass is 10.1. The van der Waals surface area contributed by atoms with E-state index < -0.39 is 21.0 Å². The maximum absolute atomic E-state index is 12.6. The number of benzene rings is 3. The van der Waals surface area contributed by atoms with E-state index in [0.717, 1.165) is 11.1 Å². The Hall–Kier alpha value is -3.63. The first-order valence-electron chi connectivity index (χ1n) is 8.74. The molecule has 3 aromatic carbocycles. The van der Waals surface area contributed by atoms with Gasteiger partial charge in [-0.15, -0.1) is 0 Å². The number of anilines is 2. The van der Waals surface area contributed by atoms with Crippen molar-refractivity contribution in [2.24, 2.45) is 10.2 Å². The summed E-state index contributed by atoms with van der Waals surface area (Å²) in [5.74, 6) is 0. The van der Waals surface area contributed by atoms with Gasteiger partial charge in [0, 0.05) is 0 Å². The van der Waals surface area contributed by atoms with Gasteiger partial charge in [0.1, 0.15) is 5.36 Å². The molecule has 30 heavy (non-hydrogen) atoms. The van der Waals surface area contributed by atoms with E-state index in [-0.39, 0.29) is 15.6 Å². The van der Waals surface area contributed by atoms with Gasteiger partial charge in [-0.1, -0.05) is 17.7 Å². The van der Waals surface area contributed by atoms with Crippen LogP contribution in [0.1, 0.15) is 11.1 Å². The Morgan fingerprint density at radius 3 is 2.20 bits per heavy atom. The van der Waals surface area contributed by atoms with Crippen LogP contribution in [0.3, 0.4) is 0 Å². The van der Waals surface area contributed by atoms with E-state index in [1.54, 1.807) is 6.07 Å². The average molecular weight is 426 g/mol. The fourth-order valence-corrected chi connectivity index (χ4v) is 3.10. The molecule has 0 radical (unpaired) electrons. The van der Waals surface area contributed by atoms with Crippen LogP contribution in [-0.2, 0) is 10.1 Å². The molecule has 10 heteroatoms. The van der Waals surface area contributed by atoms with Crippen LogP contribution in [0.25, 0.3) is 0 Å². The highest BCUT2D eigenvalue weighted by molar-refractivity contribution is 7.85. The van der Waals surface area contributed by atoms with Gasteiger partial charge >= 0.3 is 0 Å². The molecule has 0 saturated carbocycles. The minimum Gasteiger partial charge on any atom is -0.287 e. The van der Waals surface area contributed by atoms with Crippen molar-refractivity contribution in [3.05, 3.63) is 96.9 Å². The highest BCUT2D eigenvalue weighted by Gasteiger charge is 2.08. The largest absolute Gasteiger partial charge is 0.294 e. The second kappa shape index (κ2) is 8.39. The predicted molar refractivity (Wildman–Crippen MR) is 112 cm³/mol. The summed E-state index contributed by atoms with van der Waals surface area (Å²) in [5, 5.41) is 7.56. The van der Waals surface area contributed by atoms with E-state index in [2.05, 4.69) is 21.1 Å². The second-order valence-corrected chi connectivity index (χ2v) is 7.95. The van der Waals surface area contributed by atoms with Crippen molar-refractivity contribution >= 4 is 21.5 Å². The van der Waals surface area contributed by atoms with Crippen LogP contribution < -0.4 is 32.4 Å². The molecule has 0 heterocycles. The maximum atomic E-state index is 12.6. The molecule has 0 bridgehead atoms.